The van der Waals surface area contributed by atoms with Crippen LogP contribution in [0.2, 0.25) is 0 Å². The van der Waals surface area contributed by atoms with Crippen LogP contribution >= 0.6 is 11.3 Å². The SMILES string of the molecule is COc1ccc(C2=NN(c3nc(C)cs3)[C@H](c3ccccc3)C2)cc1OC. The van der Waals surface area contributed by atoms with Crippen LogP contribution in [0.1, 0.15) is 29.3 Å². The molecular formula is C21H21N3O2S. The Hall–Kier alpha value is -2.86. The molecule has 1 atom stereocenters. The molecule has 27 heavy (non-hydrogen) atoms. The Morgan fingerprint density at radius 2 is 1.81 bits per heavy atom. The molecule has 0 saturated carbocycles. The molecule has 0 saturated heterocycles. The lowest BCUT2D eigenvalue weighted by molar-refractivity contribution is 0.355. The fraction of sp³-hybridized carbons (Fsp3) is 0.238. The van der Waals surface area contributed by atoms with Gasteiger partial charge < -0.3 is 9.47 Å². The maximum atomic E-state index is 5.46. The van der Waals surface area contributed by atoms with Gasteiger partial charge in [-0.1, -0.05) is 30.3 Å². The lowest BCUT2D eigenvalue weighted by Gasteiger charge is -2.21. The number of aryl methyl sites for hydroxylation is 1. The molecule has 1 aliphatic heterocycles. The molecule has 1 aliphatic rings. The summed E-state index contributed by atoms with van der Waals surface area (Å²) in [6.45, 7) is 2.01. The van der Waals surface area contributed by atoms with Crippen LogP contribution in [-0.4, -0.2) is 24.9 Å². The van der Waals surface area contributed by atoms with Crippen molar-refractivity contribution in [3.63, 3.8) is 0 Å². The van der Waals surface area contributed by atoms with Gasteiger partial charge in [0.05, 0.1) is 31.7 Å². The fourth-order valence-electron chi connectivity index (χ4n) is 3.26. The van der Waals surface area contributed by atoms with Gasteiger partial charge in [-0.3, -0.25) is 0 Å². The maximum absolute atomic E-state index is 5.46. The summed E-state index contributed by atoms with van der Waals surface area (Å²) < 4.78 is 10.8. The summed E-state index contributed by atoms with van der Waals surface area (Å²) in [4.78, 5) is 4.65. The molecule has 6 heteroatoms. The first-order valence-corrected chi connectivity index (χ1v) is 9.63. The number of aromatic nitrogens is 1. The number of thiazole rings is 1. The maximum Gasteiger partial charge on any atom is 0.206 e. The molecule has 3 aromatic rings. The molecule has 2 aromatic carbocycles. The Bertz CT molecular complexity index is 969. The lowest BCUT2D eigenvalue weighted by Crippen LogP contribution is -2.18. The highest BCUT2D eigenvalue weighted by molar-refractivity contribution is 7.13. The van der Waals surface area contributed by atoms with Crippen LogP contribution in [0, 0.1) is 6.92 Å². The fourth-order valence-corrected chi connectivity index (χ4v) is 4.06. The zero-order valence-corrected chi connectivity index (χ0v) is 16.4. The van der Waals surface area contributed by atoms with E-state index in [2.05, 4.69) is 34.6 Å². The summed E-state index contributed by atoms with van der Waals surface area (Å²) in [7, 11) is 3.29. The molecule has 138 valence electrons. The van der Waals surface area contributed by atoms with Crippen LogP contribution in [0.4, 0.5) is 5.13 Å². The molecule has 0 N–H and O–H groups in total. The first-order valence-electron chi connectivity index (χ1n) is 8.76. The van der Waals surface area contributed by atoms with Gasteiger partial charge in [0.2, 0.25) is 5.13 Å². The summed E-state index contributed by atoms with van der Waals surface area (Å²) in [5.74, 6) is 1.42. The van der Waals surface area contributed by atoms with E-state index in [0.29, 0.717) is 11.5 Å². The highest BCUT2D eigenvalue weighted by atomic mass is 32.1. The smallest absolute Gasteiger partial charge is 0.206 e. The van der Waals surface area contributed by atoms with Crippen molar-refractivity contribution in [1.29, 1.82) is 0 Å². The molecular weight excluding hydrogens is 358 g/mol. The summed E-state index contributed by atoms with van der Waals surface area (Å²) in [5, 5.41) is 9.94. The highest BCUT2D eigenvalue weighted by Crippen LogP contribution is 2.39. The zero-order valence-electron chi connectivity index (χ0n) is 15.5. The number of anilines is 1. The Morgan fingerprint density at radius 3 is 2.48 bits per heavy atom. The number of hydrazone groups is 1. The van der Waals surface area contributed by atoms with Gasteiger partial charge in [-0.2, -0.15) is 5.10 Å². The van der Waals surface area contributed by atoms with Crippen molar-refractivity contribution in [1.82, 2.24) is 4.98 Å². The third-order valence-electron chi connectivity index (χ3n) is 4.61. The summed E-state index contributed by atoms with van der Waals surface area (Å²) in [5.41, 5.74) is 4.28. The second kappa shape index (κ2) is 7.40. The van der Waals surface area contributed by atoms with Gasteiger partial charge in [0.15, 0.2) is 11.5 Å². The third-order valence-corrected chi connectivity index (χ3v) is 5.56. The molecule has 0 radical (unpaired) electrons. The molecule has 4 rings (SSSR count). The van der Waals surface area contributed by atoms with Gasteiger partial charge in [0.1, 0.15) is 0 Å². The average molecular weight is 379 g/mol. The molecule has 0 bridgehead atoms. The molecule has 0 amide bonds. The molecule has 0 aliphatic carbocycles. The van der Waals surface area contributed by atoms with E-state index in [9.17, 15) is 0 Å². The average Bonchev–Trinajstić information content (AvgIpc) is 3.34. The molecule has 0 fully saturated rings. The van der Waals surface area contributed by atoms with E-state index in [-0.39, 0.29) is 6.04 Å². The van der Waals surface area contributed by atoms with E-state index in [4.69, 9.17) is 14.6 Å². The Kier molecular flexibility index (Phi) is 4.81. The van der Waals surface area contributed by atoms with Gasteiger partial charge >= 0.3 is 0 Å². The number of rotatable bonds is 5. The zero-order chi connectivity index (χ0) is 18.8. The van der Waals surface area contributed by atoms with Crippen molar-refractivity contribution >= 4 is 22.2 Å². The van der Waals surface area contributed by atoms with Crippen molar-refractivity contribution in [2.24, 2.45) is 5.10 Å². The van der Waals surface area contributed by atoms with Gasteiger partial charge in [-0.25, -0.2) is 9.99 Å². The number of nitrogens with zero attached hydrogens (tertiary/aromatic N) is 3. The topological polar surface area (TPSA) is 47.0 Å². The first-order chi connectivity index (χ1) is 13.2. The van der Waals surface area contributed by atoms with E-state index < -0.39 is 0 Å². The second-order valence-electron chi connectivity index (χ2n) is 6.36. The quantitative estimate of drug-likeness (QED) is 0.637. The van der Waals surface area contributed by atoms with Crippen LogP contribution in [0.3, 0.4) is 0 Å². The summed E-state index contributed by atoms with van der Waals surface area (Å²) >= 11 is 1.62. The number of hydrogen-bond donors (Lipinski definition) is 0. The minimum atomic E-state index is 0.125. The van der Waals surface area contributed by atoms with Crippen molar-refractivity contribution in [2.45, 2.75) is 19.4 Å². The van der Waals surface area contributed by atoms with Gasteiger partial charge in [-0.15, -0.1) is 11.3 Å². The second-order valence-corrected chi connectivity index (χ2v) is 7.20. The van der Waals surface area contributed by atoms with Crippen molar-refractivity contribution in [3.8, 4) is 11.5 Å². The van der Waals surface area contributed by atoms with Crippen LogP contribution in [0.15, 0.2) is 59.0 Å². The van der Waals surface area contributed by atoms with Crippen LogP contribution in [-0.2, 0) is 0 Å². The van der Waals surface area contributed by atoms with Crippen LogP contribution in [0.25, 0.3) is 0 Å². The number of ether oxygens (including phenoxy) is 2. The van der Waals surface area contributed by atoms with E-state index in [1.807, 2.05) is 36.2 Å². The van der Waals surface area contributed by atoms with Crippen LogP contribution < -0.4 is 14.5 Å². The Balaban J connectivity index is 1.74. The number of hydrogen-bond acceptors (Lipinski definition) is 6. The Labute approximate surface area is 162 Å². The molecule has 2 heterocycles. The van der Waals surface area contributed by atoms with Gasteiger partial charge in [-0.05, 0) is 30.7 Å². The standard InChI is InChI=1S/C21H21N3O2S/c1-14-13-27-21(22-14)24-18(15-7-5-4-6-8-15)12-17(23-24)16-9-10-19(25-2)20(11-16)26-3/h4-11,13,18H,12H2,1-3H3/t18-/m0/s1. The number of benzene rings is 2. The predicted octanol–water partition coefficient (Wildman–Crippen LogP) is 4.82. The lowest BCUT2D eigenvalue weighted by atomic mass is 9.98. The normalized spacial score (nSPS) is 16.3. The highest BCUT2D eigenvalue weighted by Gasteiger charge is 2.31. The largest absolute Gasteiger partial charge is 0.493 e. The van der Waals surface area contributed by atoms with E-state index in [0.717, 1.165) is 28.5 Å². The van der Waals surface area contributed by atoms with E-state index >= 15 is 0 Å². The predicted molar refractivity (Wildman–Crippen MR) is 109 cm³/mol. The molecule has 0 unspecified atom stereocenters. The minimum Gasteiger partial charge on any atom is -0.493 e. The van der Waals surface area contributed by atoms with Crippen molar-refractivity contribution < 1.29 is 9.47 Å². The van der Waals surface area contributed by atoms with Crippen molar-refractivity contribution in [2.75, 3.05) is 19.2 Å². The van der Waals surface area contributed by atoms with E-state index in [1.165, 1.54) is 5.56 Å². The van der Waals surface area contributed by atoms with Crippen LogP contribution in [0.5, 0.6) is 11.5 Å². The third kappa shape index (κ3) is 3.40. The summed E-state index contributed by atoms with van der Waals surface area (Å²) in [6, 6.07) is 16.5. The number of methoxy groups -OCH3 is 2. The first kappa shape index (κ1) is 17.5. The van der Waals surface area contributed by atoms with Gasteiger partial charge in [0, 0.05) is 17.4 Å². The molecule has 5 nitrogen and oxygen atoms in total. The molecule has 1 aromatic heterocycles. The minimum absolute atomic E-state index is 0.125. The Morgan fingerprint density at radius 1 is 1.04 bits per heavy atom. The van der Waals surface area contributed by atoms with E-state index in [1.54, 1.807) is 25.6 Å². The summed E-state index contributed by atoms with van der Waals surface area (Å²) in [6.07, 6.45) is 0.804. The molecule has 0 spiro atoms. The van der Waals surface area contributed by atoms with Gasteiger partial charge in [0.25, 0.3) is 0 Å². The monoisotopic (exact) mass is 379 g/mol. The van der Waals surface area contributed by atoms with Crippen molar-refractivity contribution in [3.05, 3.63) is 70.7 Å².